The van der Waals surface area contributed by atoms with Crippen molar-refractivity contribution in [2.45, 2.75) is 77.1 Å². The number of piperazine rings is 1. The zero-order valence-electron chi connectivity index (χ0n) is 20.1. The van der Waals surface area contributed by atoms with Crippen molar-refractivity contribution < 1.29 is 5.11 Å². The molecule has 1 aliphatic carbocycles. The Morgan fingerprint density at radius 1 is 1.15 bits per heavy atom. The second-order valence-corrected chi connectivity index (χ2v) is 9.53. The van der Waals surface area contributed by atoms with Gasteiger partial charge in [0.15, 0.2) is 0 Å². The van der Waals surface area contributed by atoms with Crippen molar-refractivity contribution in [2.24, 2.45) is 0 Å². The predicted molar refractivity (Wildman–Crippen MR) is 133 cm³/mol. The predicted octanol–water partition coefficient (Wildman–Crippen LogP) is 3.26. The largest absolute Gasteiger partial charge is 0.393 e. The van der Waals surface area contributed by atoms with E-state index in [0.29, 0.717) is 18.0 Å². The minimum absolute atomic E-state index is 0.174. The third-order valence-electron chi connectivity index (χ3n) is 6.60. The van der Waals surface area contributed by atoms with E-state index < -0.39 is 0 Å². The van der Waals surface area contributed by atoms with Gasteiger partial charge in [-0.2, -0.15) is 4.98 Å². The third-order valence-corrected chi connectivity index (χ3v) is 6.60. The molecule has 180 valence electrons. The first kappa shape index (κ1) is 23.9. The summed E-state index contributed by atoms with van der Waals surface area (Å²) in [6.07, 6.45) is 9.45. The molecule has 3 heterocycles. The van der Waals surface area contributed by atoms with Crippen molar-refractivity contribution in [1.82, 2.24) is 25.2 Å². The number of rotatable bonds is 9. The summed E-state index contributed by atoms with van der Waals surface area (Å²) in [5, 5.41) is 20.3. The van der Waals surface area contributed by atoms with Crippen molar-refractivity contribution >= 4 is 11.8 Å². The van der Waals surface area contributed by atoms with Crippen LogP contribution in [0.15, 0.2) is 24.5 Å². The first-order valence-corrected chi connectivity index (χ1v) is 12.6. The molecule has 0 bridgehead atoms. The summed E-state index contributed by atoms with van der Waals surface area (Å²) < 4.78 is 0. The number of aromatic nitrogens is 3. The summed E-state index contributed by atoms with van der Waals surface area (Å²) in [7, 11) is 0. The van der Waals surface area contributed by atoms with Crippen LogP contribution in [-0.2, 0) is 6.54 Å². The smallest absolute Gasteiger partial charge is 0.224 e. The highest BCUT2D eigenvalue weighted by Crippen LogP contribution is 2.29. The number of hydrogen-bond acceptors (Lipinski definition) is 8. The maximum atomic E-state index is 9.87. The molecule has 33 heavy (non-hydrogen) atoms. The zero-order valence-corrected chi connectivity index (χ0v) is 20.1. The van der Waals surface area contributed by atoms with Gasteiger partial charge in [-0.25, -0.2) is 4.98 Å². The Bertz CT molecular complexity index is 868. The minimum Gasteiger partial charge on any atom is -0.393 e. The molecule has 0 amide bonds. The van der Waals surface area contributed by atoms with Crippen LogP contribution in [0.3, 0.4) is 0 Å². The Hall–Kier alpha value is -2.29. The molecule has 4 N–H and O–H groups in total. The van der Waals surface area contributed by atoms with Gasteiger partial charge in [-0.3, -0.25) is 9.88 Å². The van der Waals surface area contributed by atoms with Crippen LogP contribution in [0, 0.1) is 0 Å². The highest BCUT2D eigenvalue weighted by Gasteiger charge is 2.22. The van der Waals surface area contributed by atoms with Crippen molar-refractivity contribution in [3.8, 4) is 11.3 Å². The normalized spacial score (nSPS) is 23.9. The van der Waals surface area contributed by atoms with Crippen molar-refractivity contribution in [2.75, 3.05) is 36.8 Å². The quantitative estimate of drug-likeness (QED) is 0.430. The molecule has 0 radical (unpaired) electrons. The highest BCUT2D eigenvalue weighted by molar-refractivity contribution is 5.73. The van der Waals surface area contributed by atoms with Gasteiger partial charge in [-0.05, 0) is 50.7 Å². The van der Waals surface area contributed by atoms with Crippen LogP contribution in [0.25, 0.3) is 11.3 Å². The SMILES string of the molecule is CCCCNc1ncc(-c2ccc(CN3CCN[C@H](C)C3)cn2)c(NC2CCC(O)CC2)n1. The molecule has 4 rings (SSSR count). The van der Waals surface area contributed by atoms with E-state index in [2.05, 4.69) is 51.8 Å². The molecule has 8 heteroatoms. The maximum Gasteiger partial charge on any atom is 0.224 e. The lowest BCUT2D eigenvalue weighted by Gasteiger charge is -2.31. The van der Waals surface area contributed by atoms with Crippen LogP contribution in [0.1, 0.15) is 57.9 Å². The standard InChI is InChI=1S/C25H39N7O/c1-3-4-11-27-25-29-15-22(24(31-25)30-20-6-8-21(33)9-7-20)23-10-5-19(14-28-23)17-32-13-12-26-18(2)16-32/h5,10,14-15,18,20-21,26,33H,3-4,6-9,11-13,16-17H2,1-2H3,(H2,27,29,30,31)/t18-,20?,21?/m1/s1. The number of nitrogens with zero attached hydrogens (tertiary/aromatic N) is 4. The van der Waals surface area contributed by atoms with Gasteiger partial charge in [0.05, 0.1) is 17.4 Å². The lowest BCUT2D eigenvalue weighted by Crippen LogP contribution is -2.48. The third kappa shape index (κ3) is 6.85. The summed E-state index contributed by atoms with van der Waals surface area (Å²) >= 11 is 0. The zero-order chi connectivity index (χ0) is 23.0. The Labute approximate surface area is 197 Å². The number of hydrogen-bond donors (Lipinski definition) is 4. The van der Waals surface area contributed by atoms with Crippen molar-refractivity contribution in [1.29, 1.82) is 0 Å². The van der Waals surface area contributed by atoms with Crippen molar-refractivity contribution in [3.63, 3.8) is 0 Å². The van der Waals surface area contributed by atoms with E-state index in [0.717, 1.165) is 88.3 Å². The lowest BCUT2D eigenvalue weighted by molar-refractivity contribution is 0.126. The van der Waals surface area contributed by atoms with E-state index in [1.165, 1.54) is 5.56 Å². The Morgan fingerprint density at radius 2 is 2.00 bits per heavy atom. The molecular formula is C25H39N7O. The highest BCUT2D eigenvalue weighted by atomic mass is 16.3. The molecule has 0 unspecified atom stereocenters. The number of pyridine rings is 1. The molecular weight excluding hydrogens is 414 g/mol. The maximum absolute atomic E-state index is 9.87. The van der Waals surface area contributed by atoms with Crippen LogP contribution in [0.5, 0.6) is 0 Å². The molecule has 1 aliphatic heterocycles. The second kappa shape index (κ2) is 11.7. The fraction of sp³-hybridized carbons (Fsp3) is 0.640. The molecule has 8 nitrogen and oxygen atoms in total. The van der Waals surface area contributed by atoms with E-state index in [9.17, 15) is 5.11 Å². The molecule has 1 saturated heterocycles. The molecule has 2 aromatic rings. The van der Waals surface area contributed by atoms with Crippen molar-refractivity contribution in [3.05, 3.63) is 30.1 Å². The van der Waals surface area contributed by atoms with E-state index >= 15 is 0 Å². The van der Waals surface area contributed by atoms with Gasteiger partial charge in [-0.1, -0.05) is 19.4 Å². The number of aliphatic hydroxyl groups excluding tert-OH is 1. The fourth-order valence-corrected chi connectivity index (χ4v) is 4.65. The van der Waals surface area contributed by atoms with Gasteiger partial charge in [-0.15, -0.1) is 0 Å². The summed E-state index contributed by atoms with van der Waals surface area (Å²) in [4.78, 5) is 16.6. The fourth-order valence-electron chi connectivity index (χ4n) is 4.65. The van der Waals surface area contributed by atoms with Crippen LogP contribution in [0.2, 0.25) is 0 Å². The van der Waals surface area contributed by atoms with Gasteiger partial charge in [0.25, 0.3) is 0 Å². The summed E-state index contributed by atoms with van der Waals surface area (Å²) in [5.41, 5.74) is 3.03. The van der Waals surface area contributed by atoms with Crippen LogP contribution < -0.4 is 16.0 Å². The van der Waals surface area contributed by atoms with Crippen LogP contribution in [-0.4, -0.2) is 69.3 Å². The number of unbranched alkanes of at least 4 members (excludes halogenated alkanes) is 1. The second-order valence-electron chi connectivity index (χ2n) is 9.53. The average molecular weight is 454 g/mol. The first-order valence-electron chi connectivity index (χ1n) is 12.6. The molecule has 2 aliphatic rings. The average Bonchev–Trinajstić information content (AvgIpc) is 2.82. The number of nitrogens with one attached hydrogen (secondary N) is 3. The van der Waals surface area contributed by atoms with Gasteiger partial charge in [0, 0.05) is 57.2 Å². The monoisotopic (exact) mass is 453 g/mol. The Morgan fingerprint density at radius 3 is 2.73 bits per heavy atom. The van der Waals surface area contributed by atoms with E-state index in [1.54, 1.807) is 0 Å². The van der Waals surface area contributed by atoms with E-state index in [-0.39, 0.29) is 6.10 Å². The lowest BCUT2D eigenvalue weighted by atomic mass is 9.93. The number of anilines is 2. The topological polar surface area (TPSA) is 98.2 Å². The van der Waals surface area contributed by atoms with Gasteiger partial charge >= 0.3 is 0 Å². The summed E-state index contributed by atoms with van der Waals surface area (Å²) in [6.45, 7) is 9.36. The first-order chi connectivity index (χ1) is 16.1. The Kier molecular flexibility index (Phi) is 8.47. The molecule has 2 aromatic heterocycles. The Balaban J connectivity index is 1.49. The molecule has 1 saturated carbocycles. The minimum atomic E-state index is -0.174. The summed E-state index contributed by atoms with van der Waals surface area (Å²) in [5.74, 6) is 1.47. The van der Waals surface area contributed by atoms with Gasteiger partial charge in [0.2, 0.25) is 5.95 Å². The van der Waals surface area contributed by atoms with Crippen LogP contribution in [0.4, 0.5) is 11.8 Å². The van der Waals surface area contributed by atoms with E-state index in [1.807, 2.05) is 12.4 Å². The van der Waals surface area contributed by atoms with Gasteiger partial charge < -0.3 is 21.1 Å². The molecule has 2 fully saturated rings. The summed E-state index contributed by atoms with van der Waals surface area (Å²) in [6, 6.07) is 5.09. The molecule has 0 spiro atoms. The molecule has 0 aromatic carbocycles. The van der Waals surface area contributed by atoms with E-state index in [4.69, 9.17) is 9.97 Å². The van der Waals surface area contributed by atoms with Crippen LogP contribution >= 0.6 is 0 Å². The van der Waals surface area contributed by atoms with Gasteiger partial charge in [0.1, 0.15) is 5.82 Å². The number of aliphatic hydroxyl groups is 1. The molecule has 1 atom stereocenters.